The number of aryl methyl sites for hydroxylation is 1. The minimum absolute atomic E-state index is 0.0326. The molecule has 21 heavy (non-hydrogen) atoms. The van der Waals surface area contributed by atoms with Crippen LogP contribution in [0.15, 0.2) is 30.5 Å². The lowest BCUT2D eigenvalue weighted by Gasteiger charge is -2.12. The molecule has 0 fully saturated rings. The van der Waals surface area contributed by atoms with Gasteiger partial charge in [-0.2, -0.15) is 5.10 Å². The van der Waals surface area contributed by atoms with Crippen LogP contribution in [0.2, 0.25) is 0 Å². The van der Waals surface area contributed by atoms with E-state index < -0.39 is 4.92 Å². The summed E-state index contributed by atoms with van der Waals surface area (Å²) in [7, 11) is 1.86. The second-order valence-electron chi connectivity index (χ2n) is 4.91. The predicted molar refractivity (Wildman–Crippen MR) is 79.4 cm³/mol. The van der Waals surface area contributed by atoms with Gasteiger partial charge in [0, 0.05) is 31.1 Å². The molecule has 0 saturated heterocycles. The number of nitro groups is 1. The lowest BCUT2D eigenvalue weighted by molar-refractivity contribution is -0.386. The number of hydrogen-bond donors (Lipinski definition) is 1. The Bertz CT molecular complexity index is 637. The van der Waals surface area contributed by atoms with E-state index in [0.29, 0.717) is 6.54 Å². The molecule has 112 valence electrons. The highest BCUT2D eigenvalue weighted by Crippen LogP contribution is 2.31. The summed E-state index contributed by atoms with van der Waals surface area (Å²) in [4.78, 5) is 10.6. The summed E-state index contributed by atoms with van der Waals surface area (Å²) in [5.74, 6) is 0.269. The molecule has 7 nitrogen and oxygen atoms in total. The monoisotopic (exact) mass is 290 g/mol. The van der Waals surface area contributed by atoms with Gasteiger partial charge in [-0.1, -0.05) is 0 Å². The molecule has 0 bridgehead atoms. The fourth-order valence-corrected chi connectivity index (χ4v) is 1.89. The molecule has 1 aromatic carbocycles. The van der Waals surface area contributed by atoms with E-state index >= 15 is 0 Å². The molecule has 7 heteroatoms. The van der Waals surface area contributed by atoms with Gasteiger partial charge in [-0.25, -0.2) is 0 Å². The zero-order valence-electron chi connectivity index (χ0n) is 12.2. The van der Waals surface area contributed by atoms with E-state index in [1.54, 1.807) is 23.0 Å². The molecule has 1 aromatic heterocycles. The van der Waals surface area contributed by atoms with Crippen LogP contribution in [0.3, 0.4) is 0 Å². The summed E-state index contributed by atoms with van der Waals surface area (Å²) in [5.41, 5.74) is 1.74. The van der Waals surface area contributed by atoms with Gasteiger partial charge in [-0.05, 0) is 26.0 Å². The van der Waals surface area contributed by atoms with Gasteiger partial charge < -0.3 is 10.1 Å². The van der Waals surface area contributed by atoms with Crippen molar-refractivity contribution < 1.29 is 9.66 Å². The Hall–Kier alpha value is -2.57. The molecule has 0 aliphatic heterocycles. The molecule has 2 aromatic rings. The number of nitro benzene ring substituents is 1. The van der Waals surface area contributed by atoms with E-state index in [0.717, 1.165) is 11.4 Å². The topological polar surface area (TPSA) is 82.2 Å². The van der Waals surface area contributed by atoms with Crippen molar-refractivity contribution in [3.63, 3.8) is 0 Å². The average Bonchev–Trinajstić information content (AvgIpc) is 2.81. The number of hydrogen-bond acceptors (Lipinski definition) is 5. The molecule has 0 saturated carbocycles. The molecular weight excluding hydrogens is 272 g/mol. The van der Waals surface area contributed by atoms with Crippen LogP contribution in [-0.4, -0.2) is 20.8 Å². The van der Waals surface area contributed by atoms with Crippen molar-refractivity contribution in [3.8, 4) is 5.75 Å². The molecule has 1 heterocycles. The van der Waals surface area contributed by atoms with E-state index in [1.807, 2.05) is 27.0 Å². The highest BCUT2D eigenvalue weighted by molar-refractivity contribution is 5.58. The van der Waals surface area contributed by atoms with Crippen molar-refractivity contribution >= 4 is 11.4 Å². The van der Waals surface area contributed by atoms with Gasteiger partial charge in [0.2, 0.25) is 0 Å². The van der Waals surface area contributed by atoms with Crippen LogP contribution in [0.5, 0.6) is 5.75 Å². The number of anilines is 1. The zero-order valence-corrected chi connectivity index (χ0v) is 12.2. The smallest absolute Gasteiger partial charge is 0.311 e. The fourth-order valence-electron chi connectivity index (χ4n) is 1.89. The molecule has 0 spiro atoms. The maximum atomic E-state index is 11.0. The normalized spacial score (nSPS) is 10.7. The summed E-state index contributed by atoms with van der Waals surface area (Å²) >= 11 is 0. The van der Waals surface area contributed by atoms with Crippen molar-refractivity contribution in [2.75, 3.05) is 5.32 Å². The highest BCUT2D eigenvalue weighted by atomic mass is 16.6. The Balaban J connectivity index is 2.17. The van der Waals surface area contributed by atoms with E-state index in [-0.39, 0.29) is 17.5 Å². The minimum atomic E-state index is -0.442. The molecule has 0 aliphatic rings. The molecule has 0 atom stereocenters. The third-order valence-corrected chi connectivity index (χ3v) is 2.92. The first-order chi connectivity index (χ1) is 9.97. The Labute approximate surface area is 122 Å². The number of nitrogens with one attached hydrogen (secondary N) is 1. The van der Waals surface area contributed by atoms with E-state index in [2.05, 4.69) is 10.4 Å². The van der Waals surface area contributed by atoms with Crippen LogP contribution in [0, 0.1) is 10.1 Å². The maximum absolute atomic E-state index is 11.0. The summed E-state index contributed by atoms with van der Waals surface area (Å²) < 4.78 is 7.28. The lowest BCUT2D eigenvalue weighted by Crippen LogP contribution is -2.09. The molecule has 0 radical (unpaired) electrons. The van der Waals surface area contributed by atoms with Crippen LogP contribution >= 0.6 is 0 Å². The van der Waals surface area contributed by atoms with E-state index in [1.165, 1.54) is 6.07 Å². The third-order valence-electron chi connectivity index (χ3n) is 2.92. The Morgan fingerprint density at radius 1 is 1.43 bits per heavy atom. The number of nitrogens with zero attached hydrogens (tertiary/aromatic N) is 3. The van der Waals surface area contributed by atoms with Gasteiger partial charge >= 0.3 is 5.69 Å². The van der Waals surface area contributed by atoms with E-state index in [4.69, 9.17) is 4.74 Å². The second kappa shape index (κ2) is 6.25. The van der Waals surface area contributed by atoms with Crippen LogP contribution in [0.4, 0.5) is 11.4 Å². The number of ether oxygens (including phenoxy) is 1. The Morgan fingerprint density at radius 3 is 2.76 bits per heavy atom. The number of aromatic nitrogens is 2. The molecule has 2 rings (SSSR count). The van der Waals surface area contributed by atoms with Crippen LogP contribution < -0.4 is 10.1 Å². The summed E-state index contributed by atoms with van der Waals surface area (Å²) in [6, 6.07) is 6.67. The van der Waals surface area contributed by atoms with Gasteiger partial charge in [0.1, 0.15) is 0 Å². The van der Waals surface area contributed by atoms with Crippen molar-refractivity contribution in [2.24, 2.45) is 7.05 Å². The minimum Gasteiger partial charge on any atom is -0.484 e. The van der Waals surface area contributed by atoms with Crippen molar-refractivity contribution in [2.45, 2.75) is 26.5 Å². The first-order valence-electron chi connectivity index (χ1n) is 6.63. The first kappa shape index (κ1) is 14.8. The van der Waals surface area contributed by atoms with E-state index in [9.17, 15) is 10.1 Å². The molecule has 1 N–H and O–H groups in total. The van der Waals surface area contributed by atoms with Gasteiger partial charge in [-0.15, -0.1) is 0 Å². The largest absolute Gasteiger partial charge is 0.484 e. The SMILES string of the molecule is CC(C)Oc1cc(NCc2ccnn2C)ccc1[N+](=O)[O-]. The van der Waals surface area contributed by atoms with Gasteiger partial charge in [0.05, 0.1) is 23.3 Å². The molecular formula is C14H18N4O3. The molecule has 0 aliphatic carbocycles. The quantitative estimate of drug-likeness (QED) is 0.653. The summed E-state index contributed by atoms with van der Waals surface area (Å²) in [6.45, 7) is 4.24. The van der Waals surface area contributed by atoms with Crippen LogP contribution in [0.1, 0.15) is 19.5 Å². The second-order valence-corrected chi connectivity index (χ2v) is 4.91. The summed E-state index contributed by atoms with van der Waals surface area (Å²) in [6.07, 6.45) is 1.59. The standard InChI is InChI=1S/C14H18N4O3/c1-10(2)21-14-8-11(4-5-13(14)18(19)20)15-9-12-6-7-16-17(12)3/h4-8,10,15H,9H2,1-3H3. The number of benzene rings is 1. The zero-order chi connectivity index (χ0) is 15.4. The fraction of sp³-hybridized carbons (Fsp3) is 0.357. The number of rotatable bonds is 6. The maximum Gasteiger partial charge on any atom is 0.311 e. The van der Waals surface area contributed by atoms with Gasteiger partial charge in [0.15, 0.2) is 5.75 Å². The van der Waals surface area contributed by atoms with Crippen LogP contribution in [0.25, 0.3) is 0 Å². The van der Waals surface area contributed by atoms with Gasteiger partial charge in [-0.3, -0.25) is 14.8 Å². The highest BCUT2D eigenvalue weighted by Gasteiger charge is 2.16. The molecule has 0 unspecified atom stereocenters. The van der Waals surface area contributed by atoms with Crippen molar-refractivity contribution in [3.05, 3.63) is 46.3 Å². The van der Waals surface area contributed by atoms with Crippen molar-refractivity contribution in [1.29, 1.82) is 0 Å². The first-order valence-corrected chi connectivity index (χ1v) is 6.63. The lowest BCUT2D eigenvalue weighted by atomic mass is 10.2. The van der Waals surface area contributed by atoms with Crippen molar-refractivity contribution in [1.82, 2.24) is 9.78 Å². The Morgan fingerprint density at radius 2 is 2.19 bits per heavy atom. The predicted octanol–water partition coefficient (Wildman–Crippen LogP) is 2.73. The Kier molecular flexibility index (Phi) is 4.42. The summed E-state index contributed by atoms with van der Waals surface area (Å²) in [5, 5.41) is 18.3. The molecule has 0 amide bonds. The average molecular weight is 290 g/mol. The third kappa shape index (κ3) is 3.71. The van der Waals surface area contributed by atoms with Crippen LogP contribution in [-0.2, 0) is 13.6 Å². The van der Waals surface area contributed by atoms with Gasteiger partial charge in [0.25, 0.3) is 0 Å².